The molecule has 174 valence electrons. The second-order valence-corrected chi connectivity index (χ2v) is 8.51. The highest BCUT2D eigenvalue weighted by atomic mass is 16.2. The van der Waals surface area contributed by atoms with Crippen molar-refractivity contribution in [1.82, 2.24) is 15.5 Å². The standard InChI is InChI=1S/C29H27N5O/c1-20(23-11-9-22(18-30)10-12-23)19-31-28(25-6-4-3-5-7-25)29(35)32-26-15-13-24(14-16-26)27-17-8-21(2)33-34-27/h3-17,20,28,31H,19H2,1-2H3,(H,32,35)/t20-,28?/m0/s1. The highest BCUT2D eigenvalue weighted by Crippen LogP contribution is 2.22. The number of rotatable bonds is 8. The Morgan fingerprint density at radius 2 is 1.60 bits per heavy atom. The summed E-state index contributed by atoms with van der Waals surface area (Å²) in [5.74, 6) is 0.0303. The van der Waals surface area contributed by atoms with E-state index in [1.165, 1.54) is 0 Å². The number of hydrogen-bond acceptors (Lipinski definition) is 5. The molecule has 0 aliphatic carbocycles. The van der Waals surface area contributed by atoms with Crippen LogP contribution in [-0.4, -0.2) is 22.6 Å². The van der Waals surface area contributed by atoms with Gasteiger partial charge in [-0.05, 0) is 60.4 Å². The zero-order chi connectivity index (χ0) is 24.6. The molecule has 4 rings (SSSR count). The predicted octanol–water partition coefficient (Wildman–Crippen LogP) is 5.40. The number of nitrogens with one attached hydrogen (secondary N) is 2. The Morgan fingerprint density at radius 3 is 2.23 bits per heavy atom. The topological polar surface area (TPSA) is 90.7 Å². The summed E-state index contributed by atoms with van der Waals surface area (Å²) in [6.45, 7) is 4.60. The molecule has 1 amide bonds. The van der Waals surface area contributed by atoms with Crippen LogP contribution in [0.25, 0.3) is 11.3 Å². The molecule has 6 nitrogen and oxygen atoms in total. The molecule has 0 aliphatic rings. The highest BCUT2D eigenvalue weighted by molar-refractivity contribution is 5.95. The van der Waals surface area contributed by atoms with E-state index in [9.17, 15) is 4.79 Å². The lowest BCUT2D eigenvalue weighted by Crippen LogP contribution is -2.35. The van der Waals surface area contributed by atoms with Gasteiger partial charge in [0.1, 0.15) is 6.04 Å². The number of hydrogen-bond donors (Lipinski definition) is 2. The minimum absolute atomic E-state index is 0.133. The van der Waals surface area contributed by atoms with Gasteiger partial charge in [-0.1, -0.05) is 61.5 Å². The first kappa shape index (κ1) is 23.8. The van der Waals surface area contributed by atoms with Crippen molar-refractivity contribution >= 4 is 11.6 Å². The zero-order valence-electron chi connectivity index (χ0n) is 19.8. The Hall–Kier alpha value is -4.34. The van der Waals surface area contributed by atoms with Crippen molar-refractivity contribution in [3.63, 3.8) is 0 Å². The summed E-state index contributed by atoms with van der Waals surface area (Å²) in [7, 11) is 0. The fraction of sp³-hybridized carbons (Fsp3) is 0.172. The highest BCUT2D eigenvalue weighted by Gasteiger charge is 2.21. The number of carbonyl (C=O) groups is 1. The molecule has 0 saturated heterocycles. The Kier molecular flexibility index (Phi) is 7.61. The number of carbonyl (C=O) groups excluding carboxylic acids is 1. The van der Waals surface area contributed by atoms with Gasteiger partial charge >= 0.3 is 0 Å². The first-order valence-corrected chi connectivity index (χ1v) is 11.5. The van der Waals surface area contributed by atoms with E-state index in [2.05, 4.69) is 33.8 Å². The van der Waals surface area contributed by atoms with Gasteiger partial charge in [0.25, 0.3) is 0 Å². The van der Waals surface area contributed by atoms with Crippen LogP contribution in [0.2, 0.25) is 0 Å². The Bertz CT molecular complexity index is 1290. The summed E-state index contributed by atoms with van der Waals surface area (Å²) >= 11 is 0. The van der Waals surface area contributed by atoms with Crippen LogP contribution < -0.4 is 10.6 Å². The van der Waals surface area contributed by atoms with Crippen LogP contribution in [0.5, 0.6) is 0 Å². The molecule has 6 heteroatoms. The van der Waals surface area contributed by atoms with Gasteiger partial charge in [0.05, 0.1) is 23.0 Å². The van der Waals surface area contributed by atoms with Gasteiger partial charge in [0, 0.05) is 17.8 Å². The third kappa shape index (κ3) is 6.17. The fourth-order valence-electron chi connectivity index (χ4n) is 3.80. The van der Waals surface area contributed by atoms with Crippen molar-refractivity contribution in [2.24, 2.45) is 0 Å². The Morgan fingerprint density at radius 1 is 0.886 bits per heavy atom. The van der Waals surface area contributed by atoms with Gasteiger partial charge in [-0.2, -0.15) is 15.5 Å². The largest absolute Gasteiger partial charge is 0.324 e. The summed E-state index contributed by atoms with van der Waals surface area (Å²) in [6, 6.07) is 30.3. The summed E-state index contributed by atoms with van der Waals surface area (Å²) in [4.78, 5) is 13.3. The summed E-state index contributed by atoms with van der Waals surface area (Å²) < 4.78 is 0. The maximum Gasteiger partial charge on any atom is 0.246 e. The second kappa shape index (κ2) is 11.2. The van der Waals surface area contributed by atoms with Crippen LogP contribution in [0.15, 0.2) is 91.0 Å². The molecule has 3 aromatic carbocycles. The molecule has 0 saturated carbocycles. The lowest BCUT2D eigenvalue weighted by molar-refractivity contribution is -0.118. The molecule has 1 unspecified atom stereocenters. The van der Waals surface area contributed by atoms with E-state index >= 15 is 0 Å². The molecule has 0 fully saturated rings. The Balaban J connectivity index is 1.46. The molecular formula is C29H27N5O. The average Bonchev–Trinajstić information content (AvgIpc) is 2.90. The maximum atomic E-state index is 13.3. The summed E-state index contributed by atoms with van der Waals surface area (Å²) in [6.07, 6.45) is 0. The van der Waals surface area contributed by atoms with Crippen LogP contribution in [0.3, 0.4) is 0 Å². The summed E-state index contributed by atoms with van der Waals surface area (Å²) in [5, 5.41) is 23.8. The summed E-state index contributed by atoms with van der Waals surface area (Å²) in [5.41, 5.74) is 5.93. The predicted molar refractivity (Wildman–Crippen MR) is 138 cm³/mol. The lowest BCUT2D eigenvalue weighted by Gasteiger charge is -2.22. The normalized spacial score (nSPS) is 12.4. The smallest absolute Gasteiger partial charge is 0.246 e. The molecule has 2 atom stereocenters. The van der Waals surface area contributed by atoms with E-state index in [-0.39, 0.29) is 11.8 Å². The van der Waals surface area contributed by atoms with Crippen LogP contribution in [0.4, 0.5) is 5.69 Å². The molecule has 1 heterocycles. The SMILES string of the molecule is Cc1ccc(-c2ccc(NC(=O)C(NC[C@H](C)c3ccc(C#N)cc3)c3ccccc3)cc2)nn1. The van der Waals surface area contributed by atoms with E-state index < -0.39 is 6.04 Å². The second-order valence-electron chi connectivity index (χ2n) is 8.51. The quantitative estimate of drug-likeness (QED) is 0.367. The molecular weight excluding hydrogens is 434 g/mol. The third-order valence-corrected chi connectivity index (χ3v) is 5.88. The number of aromatic nitrogens is 2. The molecule has 1 aromatic heterocycles. The van der Waals surface area contributed by atoms with Crippen molar-refractivity contribution < 1.29 is 4.79 Å². The van der Waals surface area contributed by atoms with Crippen molar-refractivity contribution in [3.8, 4) is 17.3 Å². The maximum absolute atomic E-state index is 13.3. The van der Waals surface area contributed by atoms with Gasteiger partial charge in [-0.25, -0.2) is 0 Å². The number of nitriles is 1. The van der Waals surface area contributed by atoms with Gasteiger partial charge in [-0.3, -0.25) is 4.79 Å². The first-order chi connectivity index (χ1) is 17.0. The third-order valence-electron chi connectivity index (χ3n) is 5.88. The van der Waals surface area contributed by atoms with Crippen molar-refractivity contribution in [1.29, 1.82) is 5.26 Å². The average molecular weight is 462 g/mol. The zero-order valence-corrected chi connectivity index (χ0v) is 19.8. The van der Waals surface area contributed by atoms with Gasteiger partial charge in [-0.15, -0.1) is 0 Å². The van der Waals surface area contributed by atoms with E-state index in [4.69, 9.17) is 5.26 Å². The molecule has 35 heavy (non-hydrogen) atoms. The van der Waals surface area contributed by atoms with E-state index in [1.54, 1.807) is 0 Å². The number of nitrogens with zero attached hydrogens (tertiary/aromatic N) is 3. The number of amides is 1. The Labute approximate surface area is 205 Å². The number of anilines is 1. The molecule has 2 N–H and O–H groups in total. The lowest BCUT2D eigenvalue weighted by atomic mass is 9.98. The molecule has 4 aromatic rings. The van der Waals surface area contributed by atoms with Crippen molar-refractivity contribution in [3.05, 3.63) is 113 Å². The van der Waals surface area contributed by atoms with Crippen LogP contribution in [-0.2, 0) is 4.79 Å². The first-order valence-electron chi connectivity index (χ1n) is 11.5. The molecule has 0 radical (unpaired) electrons. The molecule has 0 bridgehead atoms. The van der Waals surface area contributed by atoms with Gasteiger partial charge < -0.3 is 10.6 Å². The monoisotopic (exact) mass is 461 g/mol. The minimum Gasteiger partial charge on any atom is -0.324 e. The number of aryl methyl sites for hydroxylation is 1. The fourth-order valence-corrected chi connectivity index (χ4v) is 3.80. The van der Waals surface area contributed by atoms with Crippen molar-refractivity contribution in [2.45, 2.75) is 25.8 Å². The van der Waals surface area contributed by atoms with Crippen LogP contribution in [0, 0.1) is 18.3 Å². The molecule has 0 spiro atoms. The van der Waals surface area contributed by atoms with Crippen molar-refractivity contribution in [2.75, 3.05) is 11.9 Å². The molecule has 0 aliphatic heterocycles. The van der Waals surface area contributed by atoms with Crippen LogP contribution in [0.1, 0.15) is 41.3 Å². The number of benzene rings is 3. The van der Waals surface area contributed by atoms with Gasteiger partial charge in [0.2, 0.25) is 5.91 Å². The van der Waals surface area contributed by atoms with Crippen LogP contribution >= 0.6 is 0 Å². The van der Waals surface area contributed by atoms with E-state index in [1.807, 2.05) is 97.9 Å². The van der Waals surface area contributed by atoms with Gasteiger partial charge in [0.15, 0.2) is 0 Å². The van der Waals surface area contributed by atoms with E-state index in [0.29, 0.717) is 17.8 Å². The minimum atomic E-state index is -0.514. The van der Waals surface area contributed by atoms with E-state index in [0.717, 1.165) is 28.1 Å².